The lowest BCUT2D eigenvalue weighted by molar-refractivity contribution is 0.219. The summed E-state index contributed by atoms with van der Waals surface area (Å²) in [4.78, 5) is 11.6. The molecule has 6 nitrogen and oxygen atoms in total. The van der Waals surface area contributed by atoms with Crippen LogP contribution in [-0.4, -0.2) is 21.1 Å². The summed E-state index contributed by atoms with van der Waals surface area (Å²) in [6.45, 7) is 3.66. The van der Waals surface area contributed by atoms with Gasteiger partial charge in [0, 0.05) is 0 Å². The first-order valence-electron chi connectivity index (χ1n) is 5.75. The van der Waals surface area contributed by atoms with Gasteiger partial charge in [-0.05, 0) is 48.0 Å². The lowest BCUT2D eigenvalue weighted by Gasteiger charge is -2.09. The second kappa shape index (κ2) is 6.00. The minimum atomic E-state index is -0.392. The molecule has 0 bridgehead atoms. The normalized spacial score (nSPS) is 10.7. The number of nitrogens with two attached hydrogens (primary N) is 1. The Morgan fingerprint density at radius 1 is 1.20 bits per heavy atom. The third-order valence-corrected chi connectivity index (χ3v) is 2.66. The van der Waals surface area contributed by atoms with Crippen LogP contribution < -0.4 is 15.2 Å². The molecule has 2 N–H and O–H groups in total. The molecule has 0 aliphatic heterocycles. The smallest absolute Gasteiger partial charge is 0.330 e. The monoisotopic (exact) mass is 342 g/mol. The number of hydrogen-bond donors (Lipinski definition) is 1. The molecular formula is C12H12BrFN4O2. The Hall–Kier alpha value is -1.96. The quantitative estimate of drug-likeness (QED) is 0.919. The van der Waals surface area contributed by atoms with Crippen LogP contribution in [0.15, 0.2) is 22.7 Å². The maximum atomic E-state index is 13.1. The number of hydrogen-bond acceptors (Lipinski definition) is 6. The van der Waals surface area contributed by atoms with Gasteiger partial charge < -0.3 is 15.2 Å². The summed E-state index contributed by atoms with van der Waals surface area (Å²) in [5, 5.41) is 0. The number of nitrogen functional groups attached to an aromatic ring is 1. The Morgan fingerprint density at radius 2 is 1.90 bits per heavy atom. The molecule has 20 heavy (non-hydrogen) atoms. The zero-order valence-electron chi connectivity index (χ0n) is 10.8. The van der Waals surface area contributed by atoms with E-state index in [1.165, 1.54) is 18.2 Å². The molecule has 0 unspecified atom stereocenters. The molecule has 1 aromatic heterocycles. The lowest BCUT2D eigenvalue weighted by atomic mass is 10.3. The van der Waals surface area contributed by atoms with E-state index in [-0.39, 0.29) is 28.5 Å². The van der Waals surface area contributed by atoms with Crippen LogP contribution in [0.1, 0.15) is 13.8 Å². The molecule has 0 amide bonds. The van der Waals surface area contributed by atoms with Gasteiger partial charge in [-0.15, -0.1) is 4.98 Å². The second-order valence-corrected chi connectivity index (χ2v) is 4.96. The molecule has 0 radical (unpaired) electrons. The van der Waals surface area contributed by atoms with E-state index in [9.17, 15) is 4.39 Å². The topological polar surface area (TPSA) is 83.2 Å². The van der Waals surface area contributed by atoms with E-state index in [0.717, 1.165) is 0 Å². The van der Waals surface area contributed by atoms with Gasteiger partial charge in [0.05, 0.1) is 10.6 Å². The predicted octanol–water partition coefficient (Wildman–Crippen LogP) is 2.93. The van der Waals surface area contributed by atoms with E-state index in [0.29, 0.717) is 5.75 Å². The fraction of sp³-hybridized carbons (Fsp3) is 0.250. The highest BCUT2D eigenvalue weighted by Crippen LogP contribution is 2.25. The highest BCUT2D eigenvalue weighted by molar-refractivity contribution is 9.10. The highest BCUT2D eigenvalue weighted by atomic mass is 79.9. The number of ether oxygens (including phenoxy) is 2. The summed E-state index contributed by atoms with van der Waals surface area (Å²) in [7, 11) is 0. The van der Waals surface area contributed by atoms with Crippen LogP contribution in [0, 0.1) is 5.82 Å². The van der Waals surface area contributed by atoms with Gasteiger partial charge in [0.1, 0.15) is 11.6 Å². The molecule has 0 atom stereocenters. The van der Waals surface area contributed by atoms with E-state index >= 15 is 0 Å². The van der Waals surface area contributed by atoms with Crippen molar-refractivity contribution in [2.75, 3.05) is 5.73 Å². The standard InChI is InChI=1S/C12H12BrFN4O2/c1-6(2)19-11-16-10(15)17-12(18-11)20-7-3-4-9(14)8(13)5-7/h3-6H,1-2H3,(H2,15,16,17,18). The molecule has 2 rings (SSSR count). The Kier molecular flexibility index (Phi) is 4.33. The summed E-state index contributed by atoms with van der Waals surface area (Å²) >= 11 is 3.06. The van der Waals surface area contributed by atoms with Crippen LogP contribution in [0.25, 0.3) is 0 Å². The minimum Gasteiger partial charge on any atom is -0.461 e. The Labute approximate surface area is 123 Å². The number of anilines is 1. The van der Waals surface area contributed by atoms with E-state index in [4.69, 9.17) is 15.2 Å². The van der Waals surface area contributed by atoms with Crippen LogP contribution in [0.3, 0.4) is 0 Å². The van der Waals surface area contributed by atoms with Gasteiger partial charge in [-0.3, -0.25) is 0 Å². The molecule has 1 heterocycles. The second-order valence-electron chi connectivity index (χ2n) is 4.10. The van der Waals surface area contributed by atoms with Gasteiger partial charge in [0.15, 0.2) is 0 Å². The average molecular weight is 343 g/mol. The summed E-state index contributed by atoms with van der Waals surface area (Å²) in [6, 6.07) is 4.21. The molecule has 2 aromatic rings. The fourth-order valence-corrected chi connectivity index (χ4v) is 1.67. The van der Waals surface area contributed by atoms with Crippen molar-refractivity contribution in [3.05, 3.63) is 28.5 Å². The number of rotatable bonds is 4. The van der Waals surface area contributed by atoms with Crippen LogP contribution in [0.2, 0.25) is 0 Å². The number of nitrogens with zero attached hydrogens (tertiary/aromatic N) is 3. The van der Waals surface area contributed by atoms with Crippen LogP contribution in [-0.2, 0) is 0 Å². The third kappa shape index (κ3) is 3.77. The molecule has 106 valence electrons. The highest BCUT2D eigenvalue weighted by Gasteiger charge is 2.10. The summed E-state index contributed by atoms with van der Waals surface area (Å²) < 4.78 is 24.1. The Balaban J connectivity index is 2.24. The molecule has 0 fully saturated rings. The number of halogens is 2. The van der Waals surface area contributed by atoms with Gasteiger partial charge in [-0.25, -0.2) is 4.39 Å². The molecule has 0 aliphatic rings. The van der Waals surface area contributed by atoms with E-state index in [2.05, 4.69) is 30.9 Å². The summed E-state index contributed by atoms with van der Waals surface area (Å²) in [5.41, 5.74) is 5.55. The van der Waals surface area contributed by atoms with Gasteiger partial charge in [-0.2, -0.15) is 9.97 Å². The van der Waals surface area contributed by atoms with Gasteiger partial charge in [0.2, 0.25) is 5.95 Å². The van der Waals surface area contributed by atoms with Crippen molar-refractivity contribution in [1.82, 2.24) is 15.0 Å². The first-order valence-corrected chi connectivity index (χ1v) is 6.54. The molecule has 1 aromatic carbocycles. The molecule has 0 saturated carbocycles. The molecule has 0 saturated heterocycles. The number of aromatic nitrogens is 3. The molecule has 8 heteroatoms. The van der Waals surface area contributed by atoms with Crippen LogP contribution >= 0.6 is 15.9 Å². The van der Waals surface area contributed by atoms with Crippen molar-refractivity contribution in [1.29, 1.82) is 0 Å². The Bertz CT molecular complexity index is 624. The van der Waals surface area contributed by atoms with Crippen molar-refractivity contribution in [3.63, 3.8) is 0 Å². The SMILES string of the molecule is CC(C)Oc1nc(N)nc(Oc2ccc(F)c(Br)c2)n1. The summed E-state index contributed by atoms with van der Waals surface area (Å²) in [5.74, 6) is -0.0532. The van der Waals surface area contributed by atoms with Crippen molar-refractivity contribution in [2.45, 2.75) is 20.0 Å². The van der Waals surface area contributed by atoms with E-state index in [1.807, 2.05) is 13.8 Å². The van der Waals surface area contributed by atoms with E-state index < -0.39 is 5.82 Å². The van der Waals surface area contributed by atoms with Crippen molar-refractivity contribution >= 4 is 21.9 Å². The molecular weight excluding hydrogens is 331 g/mol. The summed E-state index contributed by atoms with van der Waals surface area (Å²) in [6.07, 6.45) is -0.107. The minimum absolute atomic E-state index is 0.0215. The van der Waals surface area contributed by atoms with Crippen molar-refractivity contribution in [2.24, 2.45) is 0 Å². The zero-order chi connectivity index (χ0) is 14.7. The largest absolute Gasteiger partial charge is 0.461 e. The lowest BCUT2D eigenvalue weighted by Crippen LogP contribution is -2.11. The third-order valence-electron chi connectivity index (χ3n) is 2.05. The van der Waals surface area contributed by atoms with Crippen molar-refractivity contribution < 1.29 is 13.9 Å². The average Bonchev–Trinajstić information content (AvgIpc) is 2.32. The number of benzene rings is 1. The van der Waals surface area contributed by atoms with Gasteiger partial charge >= 0.3 is 12.0 Å². The van der Waals surface area contributed by atoms with Gasteiger partial charge in [0.25, 0.3) is 0 Å². The van der Waals surface area contributed by atoms with Crippen LogP contribution in [0.5, 0.6) is 17.8 Å². The van der Waals surface area contributed by atoms with Crippen molar-refractivity contribution in [3.8, 4) is 17.8 Å². The first kappa shape index (κ1) is 14.4. The fourth-order valence-electron chi connectivity index (χ4n) is 1.31. The molecule has 0 spiro atoms. The maximum Gasteiger partial charge on any atom is 0.330 e. The zero-order valence-corrected chi connectivity index (χ0v) is 12.4. The predicted molar refractivity (Wildman–Crippen MR) is 74.2 cm³/mol. The Morgan fingerprint density at radius 3 is 2.55 bits per heavy atom. The molecule has 0 aliphatic carbocycles. The first-order chi connectivity index (χ1) is 9.44. The van der Waals surface area contributed by atoms with E-state index in [1.54, 1.807) is 0 Å². The van der Waals surface area contributed by atoms with Crippen LogP contribution in [0.4, 0.5) is 10.3 Å². The maximum absolute atomic E-state index is 13.1. The van der Waals surface area contributed by atoms with Gasteiger partial charge in [-0.1, -0.05) is 0 Å².